The van der Waals surface area contributed by atoms with Crippen molar-refractivity contribution in [1.29, 1.82) is 0 Å². The molecule has 1 aliphatic rings. The lowest BCUT2D eigenvalue weighted by molar-refractivity contribution is 0.299. The number of halogens is 2. The lowest BCUT2D eigenvalue weighted by Gasteiger charge is -2.22. The molecule has 0 aliphatic heterocycles. The number of ether oxygens (including phenoxy) is 1. The fourth-order valence-corrected chi connectivity index (χ4v) is 2.74. The van der Waals surface area contributed by atoms with Crippen molar-refractivity contribution >= 4 is 27.5 Å². The van der Waals surface area contributed by atoms with Gasteiger partial charge in [-0.05, 0) is 37.1 Å². The van der Waals surface area contributed by atoms with Gasteiger partial charge in [-0.15, -0.1) is 0 Å². The van der Waals surface area contributed by atoms with Gasteiger partial charge in [-0.2, -0.15) is 0 Å². The maximum atomic E-state index is 6.01. The summed E-state index contributed by atoms with van der Waals surface area (Å²) in [6.45, 7) is 4.18. The minimum absolute atomic E-state index is 0.215. The summed E-state index contributed by atoms with van der Waals surface area (Å²) in [5.41, 5.74) is 1.20. The van der Waals surface area contributed by atoms with Crippen LogP contribution in [0.3, 0.4) is 0 Å². The molecule has 0 aromatic heterocycles. The molecule has 1 unspecified atom stereocenters. The highest BCUT2D eigenvalue weighted by molar-refractivity contribution is 9.10. The third-order valence-corrected chi connectivity index (χ3v) is 3.21. The Morgan fingerprint density at radius 2 is 2.14 bits per heavy atom. The highest BCUT2D eigenvalue weighted by Crippen LogP contribution is 2.37. The molecule has 0 spiro atoms. The zero-order chi connectivity index (χ0) is 10.8. The van der Waals surface area contributed by atoms with E-state index in [-0.39, 0.29) is 4.32 Å². The van der Waals surface area contributed by atoms with Crippen molar-refractivity contribution in [2.24, 2.45) is 0 Å². The lowest BCUT2D eigenvalue weighted by Crippen LogP contribution is -2.17. The number of rotatable bonds is 2. The summed E-state index contributed by atoms with van der Waals surface area (Å²) in [6, 6.07) is 0. The highest BCUT2D eigenvalue weighted by atomic mass is 79.9. The van der Waals surface area contributed by atoms with Crippen LogP contribution in [0.2, 0.25) is 0 Å². The van der Waals surface area contributed by atoms with E-state index in [2.05, 4.69) is 29.8 Å². The van der Waals surface area contributed by atoms with Crippen molar-refractivity contribution in [3.63, 3.8) is 0 Å². The molecule has 0 aromatic carbocycles. The van der Waals surface area contributed by atoms with Gasteiger partial charge in [-0.1, -0.05) is 34.5 Å². The van der Waals surface area contributed by atoms with Gasteiger partial charge < -0.3 is 4.74 Å². The Morgan fingerprint density at radius 1 is 1.50 bits per heavy atom. The molecule has 1 atom stereocenters. The third-order valence-electron chi connectivity index (χ3n) is 2.26. The number of allylic oxidation sites excluding steroid dienone is 5. The van der Waals surface area contributed by atoms with Crippen molar-refractivity contribution in [3.05, 3.63) is 34.6 Å². The van der Waals surface area contributed by atoms with E-state index in [1.54, 1.807) is 7.11 Å². The van der Waals surface area contributed by atoms with Gasteiger partial charge in [0, 0.05) is 5.03 Å². The number of hydrogen-bond acceptors (Lipinski definition) is 1. The van der Waals surface area contributed by atoms with Gasteiger partial charge in [-0.25, -0.2) is 0 Å². The summed E-state index contributed by atoms with van der Waals surface area (Å²) >= 11 is 9.66. The standard InChI is InChI=1S/C11H14BrClO/c1-4-9-10(14-3)6-5-8(13)7-11(9,2)12/h5-7H,4H2,1-3H3. The van der Waals surface area contributed by atoms with Crippen LogP contribution in [0.15, 0.2) is 34.6 Å². The number of hydrogen-bond donors (Lipinski definition) is 0. The molecule has 1 nitrogen and oxygen atoms in total. The van der Waals surface area contributed by atoms with Crippen molar-refractivity contribution in [1.82, 2.24) is 0 Å². The summed E-state index contributed by atoms with van der Waals surface area (Å²) in [4.78, 5) is 0. The molecule has 3 heteroatoms. The molecule has 78 valence electrons. The molecule has 0 N–H and O–H groups in total. The molecule has 14 heavy (non-hydrogen) atoms. The molecule has 1 aliphatic carbocycles. The minimum Gasteiger partial charge on any atom is -0.497 e. The molecule has 0 aromatic rings. The summed E-state index contributed by atoms with van der Waals surface area (Å²) in [5.74, 6) is 0.888. The molecule has 0 radical (unpaired) electrons. The second kappa shape index (κ2) is 4.54. The van der Waals surface area contributed by atoms with Gasteiger partial charge in [0.15, 0.2) is 0 Å². The predicted octanol–water partition coefficient (Wildman–Crippen LogP) is 4.14. The molecular weight excluding hydrogens is 263 g/mol. The topological polar surface area (TPSA) is 9.23 Å². The van der Waals surface area contributed by atoms with Crippen LogP contribution < -0.4 is 0 Å². The molecule has 0 saturated heterocycles. The van der Waals surface area contributed by atoms with E-state index in [4.69, 9.17) is 16.3 Å². The van der Waals surface area contributed by atoms with Crippen molar-refractivity contribution in [3.8, 4) is 0 Å². The van der Waals surface area contributed by atoms with Crippen LogP contribution in [0, 0.1) is 0 Å². The van der Waals surface area contributed by atoms with Gasteiger partial charge in [-0.3, -0.25) is 0 Å². The number of methoxy groups -OCH3 is 1. The summed E-state index contributed by atoms with van der Waals surface area (Å²) in [6.07, 6.45) is 6.67. The van der Waals surface area contributed by atoms with Gasteiger partial charge >= 0.3 is 0 Å². The smallest absolute Gasteiger partial charge is 0.119 e. The zero-order valence-electron chi connectivity index (χ0n) is 8.60. The predicted molar refractivity (Wildman–Crippen MR) is 64.7 cm³/mol. The summed E-state index contributed by atoms with van der Waals surface area (Å²) in [5, 5.41) is 0.724. The average molecular weight is 278 g/mol. The quantitative estimate of drug-likeness (QED) is 0.689. The first-order valence-corrected chi connectivity index (χ1v) is 5.71. The van der Waals surface area contributed by atoms with Gasteiger partial charge in [0.2, 0.25) is 0 Å². The van der Waals surface area contributed by atoms with E-state index in [9.17, 15) is 0 Å². The second-order valence-corrected chi connectivity index (χ2v) is 5.42. The maximum Gasteiger partial charge on any atom is 0.119 e. The fourth-order valence-electron chi connectivity index (χ4n) is 1.60. The summed E-state index contributed by atoms with van der Waals surface area (Å²) < 4.78 is 5.11. The van der Waals surface area contributed by atoms with Crippen LogP contribution in [-0.4, -0.2) is 11.4 Å². The highest BCUT2D eigenvalue weighted by Gasteiger charge is 2.26. The maximum absolute atomic E-state index is 6.01. The Balaban J connectivity index is 3.24. The Morgan fingerprint density at radius 3 is 2.64 bits per heavy atom. The summed E-state index contributed by atoms with van der Waals surface area (Å²) in [7, 11) is 1.68. The van der Waals surface area contributed by atoms with Crippen molar-refractivity contribution in [2.45, 2.75) is 24.6 Å². The van der Waals surface area contributed by atoms with Crippen molar-refractivity contribution < 1.29 is 4.74 Å². The molecule has 0 heterocycles. The monoisotopic (exact) mass is 276 g/mol. The lowest BCUT2D eigenvalue weighted by atomic mass is 9.97. The van der Waals surface area contributed by atoms with Crippen molar-refractivity contribution in [2.75, 3.05) is 7.11 Å². The normalized spacial score (nSPS) is 27.4. The second-order valence-electron chi connectivity index (χ2n) is 3.34. The Labute approximate surface area is 98.6 Å². The molecule has 0 amide bonds. The number of alkyl halides is 1. The third kappa shape index (κ3) is 2.43. The average Bonchev–Trinajstić information content (AvgIpc) is 2.20. The Bertz CT molecular complexity index is 313. The van der Waals surface area contributed by atoms with Crippen LogP contribution in [0.4, 0.5) is 0 Å². The Hall–Kier alpha value is -0.210. The first-order chi connectivity index (χ1) is 6.51. The zero-order valence-corrected chi connectivity index (χ0v) is 10.9. The van der Waals surface area contributed by atoms with E-state index < -0.39 is 0 Å². The van der Waals surface area contributed by atoms with Crippen LogP contribution in [0.1, 0.15) is 20.3 Å². The molecule has 0 saturated carbocycles. The molecule has 0 fully saturated rings. The first-order valence-electron chi connectivity index (χ1n) is 4.54. The van der Waals surface area contributed by atoms with E-state index in [0.717, 1.165) is 17.2 Å². The first kappa shape index (κ1) is 11.9. The SMILES string of the molecule is CCC1=C(OC)C=CC(Cl)=CC1(C)Br. The fraction of sp³-hybridized carbons (Fsp3) is 0.455. The molecule has 1 rings (SSSR count). The Kier molecular flexibility index (Phi) is 3.85. The molecular formula is C11H14BrClO. The van der Waals surface area contributed by atoms with E-state index >= 15 is 0 Å². The van der Waals surface area contributed by atoms with Crippen LogP contribution in [0.25, 0.3) is 0 Å². The largest absolute Gasteiger partial charge is 0.497 e. The van der Waals surface area contributed by atoms with Crippen LogP contribution in [-0.2, 0) is 4.74 Å². The van der Waals surface area contributed by atoms with E-state index in [1.165, 1.54) is 5.57 Å². The van der Waals surface area contributed by atoms with Gasteiger partial charge in [0.1, 0.15) is 5.76 Å². The van der Waals surface area contributed by atoms with Crippen LogP contribution >= 0.6 is 27.5 Å². The van der Waals surface area contributed by atoms with Gasteiger partial charge in [0.25, 0.3) is 0 Å². The van der Waals surface area contributed by atoms with Crippen LogP contribution in [0.5, 0.6) is 0 Å². The molecule has 0 bridgehead atoms. The van der Waals surface area contributed by atoms with E-state index in [0.29, 0.717) is 0 Å². The van der Waals surface area contributed by atoms with Gasteiger partial charge in [0.05, 0.1) is 11.4 Å². The minimum atomic E-state index is -0.215. The van der Waals surface area contributed by atoms with E-state index in [1.807, 2.05) is 18.2 Å².